The lowest BCUT2D eigenvalue weighted by Crippen LogP contribution is -2.47. The highest BCUT2D eigenvalue weighted by atomic mass is 16.6. The van der Waals surface area contributed by atoms with Crippen molar-refractivity contribution in [2.75, 3.05) is 0 Å². The molecule has 0 spiro atoms. The first-order valence-corrected chi connectivity index (χ1v) is 9.28. The SMILES string of the molecule is CC(=O)O[C@H]1[C@@H](C(C)C)[C@H](OC(C)=O)C[C@]2(C=O)O[C@@H]2CC[C@@]2(C)O[C@@H]12. The number of hydrogen-bond acceptors (Lipinski definition) is 7. The highest BCUT2D eigenvalue weighted by Gasteiger charge is 2.66. The van der Waals surface area contributed by atoms with E-state index in [9.17, 15) is 14.4 Å². The number of carbonyl (C=O) groups excluding carboxylic acids is 3. The average Bonchev–Trinajstić information content (AvgIpc) is 3.38. The van der Waals surface area contributed by atoms with Gasteiger partial charge in [0.25, 0.3) is 0 Å². The van der Waals surface area contributed by atoms with Crippen LogP contribution in [0.5, 0.6) is 0 Å². The van der Waals surface area contributed by atoms with Crippen LogP contribution in [0, 0.1) is 11.8 Å². The third kappa shape index (κ3) is 3.51. The van der Waals surface area contributed by atoms with Gasteiger partial charge >= 0.3 is 11.9 Å². The van der Waals surface area contributed by atoms with E-state index in [1.54, 1.807) is 0 Å². The Kier molecular flexibility index (Phi) is 4.90. The Balaban J connectivity index is 1.98. The van der Waals surface area contributed by atoms with Crippen molar-refractivity contribution in [1.29, 1.82) is 0 Å². The molecule has 0 radical (unpaired) electrons. The number of epoxide rings is 2. The number of ether oxygens (including phenoxy) is 4. The average molecular weight is 368 g/mol. The third-order valence-electron chi connectivity index (χ3n) is 5.91. The fourth-order valence-electron chi connectivity index (χ4n) is 4.49. The zero-order valence-corrected chi connectivity index (χ0v) is 16.0. The Morgan fingerprint density at radius 2 is 1.81 bits per heavy atom. The minimum Gasteiger partial charge on any atom is -0.462 e. The molecule has 0 aromatic heterocycles. The Labute approximate surface area is 153 Å². The predicted octanol–water partition coefficient (Wildman–Crippen LogP) is 1.80. The summed E-state index contributed by atoms with van der Waals surface area (Å²) in [6.45, 7) is 8.67. The van der Waals surface area contributed by atoms with Gasteiger partial charge in [-0.15, -0.1) is 0 Å². The van der Waals surface area contributed by atoms with Crippen molar-refractivity contribution in [1.82, 2.24) is 0 Å². The van der Waals surface area contributed by atoms with Gasteiger partial charge in [-0.05, 0) is 25.7 Å². The fraction of sp³-hybridized carbons (Fsp3) is 0.842. The van der Waals surface area contributed by atoms with Gasteiger partial charge in [0.2, 0.25) is 0 Å². The van der Waals surface area contributed by atoms with Gasteiger partial charge in [-0.1, -0.05) is 13.8 Å². The second-order valence-corrected chi connectivity index (χ2v) is 8.32. The Morgan fingerprint density at radius 1 is 1.15 bits per heavy atom. The lowest BCUT2D eigenvalue weighted by atomic mass is 9.76. The summed E-state index contributed by atoms with van der Waals surface area (Å²) in [6.07, 6.45) is 0.916. The molecule has 0 aromatic rings. The molecule has 0 N–H and O–H groups in total. The molecule has 0 bridgehead atoms. The molecule has 7 atom stereocenters. The Bertz CT molecular complexity index is 603. The van der Waals surface area contributed by atoms with E-state index < -0.39 is 35.3 Å². The molecule has 3 rings (SSSR count). The van der Waals surface area contributed by atoms with Crippen molar-refractivity contribution in [2.24, 2.45) is 11.8 Å². The van der Waals surface area contributed by atoms with Gasteiger partial charge in [-0.25, -0.2) is 0 Å². The van der Waals surface area contributed by atoms with Crippen LogP contribution in [0.25, 0.3) is 0 Å². The summed E-state index contributed by atoms with van der Waals surface area (Å²) in [4.78, 5) is 35.2. The molecule has 0 unspecified atom stereocenters. The molecule has 3 fully saturated rings. The number of fused-ring (bicyclic) bond motifs is 2. The smallest absolute Gasteiger partial charge is 0.303 e. The lowest BCUT2D eigenvalue weighted by Gasteiger charge is -2.36. The van der Waals surface area contributed by atoms with Crippen LogP contribution in [0.4, 0.5) is 0 Å². The minimum atomic E-state index is -0.924. The van der Waals surface area contributed by atoms with Crippen LogP contribution in [0.1, 0.15) is 53.9 Å². The maximum atomic E-state index is 11.8. The zero-order chi connectivity index (χ0) is 19.3. The highest BCUT2D eigenvalue weighted by Crippen LogP contribution is 2.53. The topological polar surface area (TPSA) is 94.7 Å². The summed E-state index contributed by atoms with van der Waals surface area (Å²) < 4.78 is 23.0. The van der Waals surface area contributed by atoms with Crippen molar-refractivity contribution in [3.8, 4) is 0 Å². The first-order valence-electron chi connectivity index (χ1n) is 9.28. The summed E-state index contributed by atoms with van der Waals surface area (Å²) in [5.41, 5.74) is -1.35. The van der Waals surface area contributed by atoms with Crippen LogP contribution >= 0.6 is 0 Å². The Morgan fingerprint density at radius 3 is 2.35 bits per heavy atom. The van der Waals surface area contributed by atoms with Crippen LogP contribution < -0.4 is 0 Å². The highest BCUT2D eigenvalue weighted by molar-refractivity contribution is 5.69. The maximum Gasteiger partial charge on any atom is 0.303 e. The van der Waals surface area contributed by atoms with Gasteiger partial charge in [0, 0.05) is 26.2 Å². The monoisotopic (exact) mass is 368 g/mol. The van der Waals surface area contributed by atoms with Crippen LogP contribution in [0.3, 0.4) is 0 Å². The molecule has 3 aliphatic rings. The van der Waals surface area contributed by atoms with Crippen molar-refractivity contribution >= 4 is 18.2 Å². The summed E-state index contributed by atoms with van der Waals surface area (Å²) in [5.74, 6) is -1.09. The number of hydrogen-bond donors (Lipinski definition) is 0. The van der Waals surface area contributed by atoms with Gasteiger partial charge in [0.15, 0.2) is 11.9 Å². The van der Waals surface area contributed by atoms with Crippen LogP contribution in [0.15, 0.2) is 0 Å². The van der Waals surface area contributed by atoms with E-state index in [2.05, 4.69) is 0 Å². The van der Waals surface area contributed by atoms with E-state index in [0.29, 0.717) is 6.42 Å². The normalized spacial score (nSPS) is 44.3. The van der Waals surface area contributed by atoms with Crippen molar-refractivity contribution in [3.63, 3.8) is 0 Å². The largest absolute Gasteiger partial charge is 0.462 e. The van der Waals surface area contributed by atoms with Crippen molar-refractivity contribution in [3.05, 3.63) is 0 Å². The molecule has 2 aliphatic heterocycles. The molecule has 0 aromatic carbocycles. The predicted molar refractivity (Wildman–Crippen MR) is 90.2 cm³/mol. The molecule has 1 saturated carbocycles. The van der Waals surface area contributed by atoms with Gasteiger partial charge in [0.1, 0.15) is 18.3 Å². The summed E-state index contributed by atoms with van der Waals surface area (Å²) >= 11 is 0. The summed E-state index contributed by atoms with van der Waals surface area (Å²) in [7, 11) is 0. The fourth-order valence-corrected chi connectivity index (χ4v) is 4.49. The molecule has 7 heteroatoms. The molecule has 2 heterocycles. The van der Waals surface area contributed by atoms with E-state index in [1.165, 1.54) is 13.8 Å². The van der Waals surface area contributed by atoms with Crippen LogP contribution in [0.2, 0.25) is 0 Å². The van der Waals surface area contributed by atoms with Gasteiger partial charge in [-0.2, -0.15) is 0 Å². The lowest BCUT2D eigenvalue weighted by molar-refractivity contribution is -0.165. The second kappa shape index (κ2) is 6.60. The van der Waals surface area contributed by atoms with Crippen LogP contribution in [-0.4, -0.2) is 53.8 Å². The summed E-state index contributed by atoms with van der Waals surface area (Å²) in [6, 6.07) is 0. The molecule has 0 amide bonds. The number of rotatable bonds is 4. The number of aldehydes is 1. The number of esters is 2. The standard InChI is InChI=1S/C19H28O7/c1-10(2)15-13(23-11(3)21)8-19(9-20)14(25-19)6-7-18(5)17(26-18)16(15)24-12(4)22/h9-10,13-17H,6-8H2,1-5H3/t13-,14-,15+,16+,17+,18-,19-/m1/s1. The second-order valence-electron chi connectivity index (χ2n) is 8.32. The minimum absolute atomic E-state index is 0.0393. The molecule has 7 nitrogen and oxygen atoms in total. The first kappa shape index (κ1) is 19.3. The molecule has 2 saturated heterocycles. The van der Waals surface area contributed by atoms with Crippen molar-refractivity contribution < 1.29 is 33.3 Å². The van der Waals surface area contributed by atoms with E-state index >= 15 is 0 Å². The number of carbonyl (C=O) groups is 3. The molecular formula is C19H28O7. The maximum absolute atomic E-state index is 11.8. The Hall–Kier alpha value is -1.47. The van der Waals surface area contributed by atoms with E-state index in [-0.39, 0.29) is 30.5 Å². The van der Waals surface area contributed by atoms with E-state index in [0.717, 1.165) is 12.7 Å². The molecule has 146 valence electrons. The van der Waals surface area contributed by atoms with Crippen molar-refractivity contribution in [2.45, 2.75) is 89.5 Å². The quantitative estimate of drug-likeness (QED) is 0.424. The zero-order valence-electron chi connectivity index (χ0n) is 16.0. The molecule has 1 aliphatic carbocycles. The van der Waals surface area contributed by atoms with E-state index in [1.807, 2.05) is 20.8 Å². The molecular weight excluding hydrogens is 340 g/mol. The van der Waals surface area contributed by atoms with Gasteiger partial charge in [0.05, 0.1) is 11.7 Å². The van der Waals surface area contributed by atoms with E-state index in [4.69, 9.17) is 18.9 Å². The van der Waals surface area contributed by atoms with Gasteiger partial charge < -0.3 is 23.7 Å². The van der Waals surface area contributed by atoms with Gasteiger partial charge in [-0.3, -0.25) is 9.59 Å². The summed E-state index contributed by atoms with van der Waals surface area (Å²) in [5, 5.41) is 0. The first-order chi connectivity index (χ1) is 12.1. The third-order valence-corrected chi connectivity index (χ3v) is 5.91. The van der Waals surface area contributed by atoms with Crippen LogP contribution in [-0.2, 0) is 33.3 Å². The molecule has 26 heavy (non-hydrogen) atoms.